The topological polar surface area (TPSA) is 65.4 Å². The minimum absolute atomic E-state index is 0.256. The van der Waals surface area contributed by atoms with Crippen LogP contribution >= 0.6 is 0 Å². The van der Waals surface area contributed by atoms with Crippen molar-refractivity contribution >= 4 is 11.7 Å². The summed E-state index contributed by atoms with van der Waals surface area (Å²) in [5.74, 6) is 1.48. The first-order chi connectivity index (χ1) is 12.6. The van der Waals surface area contributed by atoms with Crippen molar-refractivity contribution in [3.63, 3.8) is 0 Å². The number of rotatable bonds is 6. The molecule has 2 aromatic carbocycles. The van der Waals surface area contributed by atoms with Crippen molar-refractivity contribution in [3.05, 3.63) is 71.4 Å². The van der Waals surface area contributed by atoms with Crippen molar-refractivity contribution in [2.24, 2.45) is 0 Å². The average molecular weight is 351 g/mol. The Morgan fingerprint density at radius 3 is 2.46 bits per heavy atom. The van der Waals surface area contributed by atoms with E-state index in [2.05, 4.69) is 16.5 Å². The summed E-state index contributed by atoms with van der Waals surface area (Å²) in [6.45, 7) is 2.62. The summed E-state index contributed by atoms with van der Waals surface area (Å²) in [4.78, 5) is 12.6. The molecule has 0 atom stereocenters. The number of amides is 1. The molecule has 3 aromatic rings. The van der Waals surface area contributed by atoms with Crippen LogP contribution in [0, 0.1) is 6.92 Å². The van der Waals surface area contributed by atoms with E-state index in [1.54, 1.807) is 49.4 Å². The largest absolute Gasteiger partial charge is 0.497 e. The number of ether oxygens (including phenoxy) is 2. The van der Waals surface area contributed by atoms with Crippen LogP contribution in [-0.4, -0.2) is 29.9 Å². The van der Waals surface area contributed by atoms with Crippen molar-refractivity contribution in [2.75, 3.05) is 19.5 Å². The van der Waals surface area contributed by atoms with Crippen molar-refractivity contribution in [2.45, 2.75) is 13.5 Å². The Hall–Kier alpha value is -3.28. The maximum absolute atomic E-state index is 12.6. The second kappa shape index (κ2) is 7.74. The molecule has 134 valence electrons. The highest BCUT2D eigenvalue weighted by atomic mass is 16.5. The Balaban J connectivity index is 1.80. The molecule has 0 spiro atoms. The van der Waals surface area contributed by atoms with E-state index in [1.807, 2.05) is 25.1 Å². The fourth-order valence-corrected chi connectivity index (χ4v) is 2.68. The predicted molar refractivity (Wildman–Crippen MR) is 100 cm³/mol. The van der Waals surface area contributed by atoms with Gasteiger partial charge in [0.15, 0.2) is 0 Å². The minimum Gasteiger partial charge on any atom is -0.497 e. The van der Waals surface area contributed by atoms with Gasteiger partial charge in [0.1, 0.15) is 17.3 Å². The molecule has 0 aliphatic rings. The molecule has 0 saturated carbocycles. The van der Waals surface area contributed by atoms with E-state index in [0.717, 1.165) is 5.56 Å². The van der Waals surface area contributed by atoms with E-state index in [0.29, 0.717) is 29.4 Å². The number of benzene rings is 2. The molecule has 6 nitrogen and oxygen atoms in total. The third-order valence-electron chi connectivity index (χ3n) is 3.99. The Morgan fingerprint density at radius 1 is 1.08 bits per heavy atom. The van der Waals surface area contributed by atoms with Crippen LogP contribution in [0.4, 0.5) is 5.82 Å². The molecule has 6 heteroatoms. The molecule has 3 rings (SSSR count). The standard InChI is InChI=1S/C20H21N3O3/c1-14-5-4-6-15(9-14)13-23-19(7-8-21-23)22-20(24)16-10-17(25-2)12-18(11-16)26-3/h4-12H,13H2,1-3H3,(H,22,24). The second-order valence-electron chi connectivity index (χ2n) is 5.92. The van der Waals surface area contributed by atoms with Crippen LogP contribution in [0.25, 0.3) is 0 Å². The summed E-state index contributed by atoms with van der Waals surface area (Å²) in [5, 5.41) is 7.20. The van der Waals surface area contributed by atoms with Crippen LogP contribution < -0.4 is 14.8 Å². The zero-order chi connectivity index (χ0) is 18.5. The van der Waals surface area contributed by atoms with Crippen LogP contribution in [0.5, 0.6) is 11.5 Å². The number of carbonyl (C=O) groups excluding carboxylic acids is 1. The number of nitrogens with one attached hydrogen (secondary N) is 1. The number of aromatic nitrogens is 2. The van der Waals surface area contributed by atoms with Crippen molar-refractivity contribution in [1.82, 2.24) is 9.78 Å². The highest BCUT2D eigenvalue weighted by Gasteiger charge is 2.13. The first kappa shape index (κ1) is 17.5. The van der Waals surface area contributed by atoms with Gasteiger partial charge in [-0.05, 0) is 24.6 Å². The summed E-state index contributed by atoms with van der Waals surface area (Å²) in [7, 11) is 3.10. The fraction of sp³-hybridized carbons (Fsp3) is 0.200. The van der Waals surface area contributed by atoms with Crippen LogP contribution in [-0.2, 0) is 6.54 Å². The van der Waals surface area contributed by atoms with Crippen molar-refractivity contribution < 1.29 is 14.3 Å². The fourth-order valence-electron chi connectivity index (χ4n) is 2.68. The molecule has 1 amide bonds. The third-order valence-corrected chi connectivity index (χ3v) is 3.99. The second-order valence-corrected chi connectivity index (χ2v) is 5.92. The quantitative estimate of drug-likeness (QED) is 0.738. The molecule has 0 bridgehead atoms. The van der Waals surface area contributed by atoms with Gasteiger partial charge in [-0.15, -0.1) is 0 Å². The van der Waals surface area contributed by atoms with Gasteiger partial charge in [0.25, 0.3) is 5.91 Å². The van der Waals surface area contributed by atoms with Gasteiger partial charge >= 0.3 is 0 Å². The normalized spacial score (nSPS) is 10.4. The Kier molecular flexibility index (Phi) is 5.22. The number of methoxy groups -OCH3 is 2. The highest BCUT2D eigenvalue weighted by molar-refractivity contribution is 6.04. The van der Waals surface area contributed by atoms with Crippen LogP contribution in [0.1, 0.15) is 21.5 Å². The van der Waals surface area contributed by atoms with Gasteiger partial charge in [0.2, 0.25) is 0 Å². The SMILES string of the molecule is COc1cc(OC)cc(C(=O)Nc2ccnn2Cc2cccc(C)c2)c1. The Bertz CT molecular complexity index is 896. The smallest absolute Gasteiger partial charge is 0.257 e. The van der Waals surface area contributed by atoms with Crippen molar-refractivity contribution in [1.29, 1.82) is 0 Å². The molecule has 0 aliphatic heterocycles. The summed E-state index contributed by atoms with van der Waals surface area (Å²) in [6, 6.07) is 15.0. The summed E-state index contributed by atoms with van der Waals surface area (Å²) >= 11 is 0. The maximum atomic E-state index is 12.6. The van der Waals surface area contributed by atoms with Gasteiger partial charge in [-0.25, -0.2) is 4.68 Å². The third kappa shape index (κ3) is 4.03. The zero-order valence-electron chi connectivity index (χ0n) is 15.0. The lowest BCUT2D eigenvalue weighted by molar-refractivity contribution is 0.102. The van der Waals surface area contributed by atoms with E-state index in [9.17, 15) is 4.79 Å². The number of carbonyl (C=O) groups is 1. The van der Waals surface area contributed by atoms with E-state index < -0.39 is 0 Å². The highest BCUT2D eigenvalue weighted by Crippen LogP contribution is 2.23. The van der Waals surface area contributed by atoms with E-state index in [1.165, 1.54) is 5.56 Å². The van der Waals surface area contributed by atoms with E-state index in [4.69, 9.17) is 9.47 Å². The molecule has 1 aromatic heterocycles. The maximum Gasteiger partial charge on any atom is 0.257 e. The van der Waals surface area contributed by atoms with Crippen LogP contribution in [0.15, 0.2) is 54.7 Å². The summed E-state index contributed by atoms with van der Waals surface area (Å²) < 4.78 is 12.2. The molecular formula is C20H21N3O3. The molecule has 0 aliphatic carbocycles. The molecular weight excluding hydrogens is 330 g/mol. The van der Waals surface area contributed by atoms with Gasteiger partial charge in [-0.1, -0.05) is 29.8 Å². The molecule has 1 heterocycles. The number of hydrogen-bond donors (Lipinski definition) is 1. The Labute approximate surface area is 152 Å². The van der Waals surface area contributed by atoms with Gasteiger partial charge in [0, 0.05) is 17.7 Å². The van der Waals surface area contributed by atoms with Gasteiger partial charge < -0.3 is 14.8 Å². The number of anilines is 1. The summed E-state index contributed by atoms with van der Waals surface area (Å²) in [6.07, 6.45) is 1.66. The number of aryl methyl sites for hydroxylation is 1. The number of nitrogens with zero attached hydrogens (tertiary/aromatic N) is 2. The van der Waals surface area contributed by atoms with Gasteiger partial charge in [0.05, 0.1) is 27.0 Å². The lowest BCUT2D eigenvalue weighted by atomic mass is 10.1. The summed E-state index contributed by atoms with van der Waals surface area (Å²) in [5.41, 5.74) is 2.75. The lowest BCUT2D eigenvalue weighted by Crippen LogP contribution is -2.16. The molecule has 1 N–H and O–H groups in total. The monoisotopic (exact) mass is 351 g/mol. The first-order valence-corrected chi connectivity index (χ1v) is 8.21. The van der Waals surface area contributed by atoms with Crippen LogP contribution in [0.2, 0.25) is 0 Å². The first-order valence-electron chi connectivity index (χ1n) is 8.21. The molecule has 26 heavy (non-hydrogen) atoms. The molecule has 0 saturated heterocycles. The van der Waals surface area contributed by atoms with E-state index >= 15 is 0 Å². The Morgan fingerprint density at radius 2 is 1.81 bits per heavy atom. The van der Waals surface area contributed by atoms with E-state index in [-0.39, 0.29) is 5.91 Å². The minimum atomic E-state index is -0.256. The lowest BCUT2D eigenvalue weighted by Gasteiger charge is -2.11. The molecule has 0 radical (unpaired) electrons. The molecule has 0 fully saturated rings. The van der Waals surface area contributed by atoms with Crippen molar-refractivity contribution in [3.8, 4) is 11.5 Å². The van der Waals surface area contributed by atoms with Crippen LogP contribution in [0.3, 0.4) is 0 Å². The van der Waals surface area contributed by atoms with Gasteiger partial charge in [-0.2, -0.15) is 5.10 Å². The van der Waals surface area contributed by atoms with Gasteiger partial charge in [-0.3, -0.25) is 4.79 Å². The predicted octanol–water partition coefficient (Wildman–Crippen LogP) is 3.51. The number of hydrogen-bond acceptors (Lipinski definition) is 4. The average Bonchev–Trinajstić information content (AvgIpc) is 3.07. The molecule has 0 unspecified atom stereocenters. The zero-order valence-corrected chi connectivity index (χ0v) is 15.0.